The van der Waals surface area contributed by atoms with Gasteiger partial charge in [-0.15, -0.1) is 0 Å². The first-order valence-electron chi connectivity index (χ1n) is 7.06. The molecule has 21 heavy (non-hydrogen) atoms. The summed E-state index contributed by atoms with van der Waals surface area (Å²) >= 11 is 0. The first kappa shape index (κ1) is 13.5. The number of ether oxygens (including phenoxy) is 2. The van der Waals surface area contributed by atoms with Gasteiger partial charge in [0, 0.05) is 12.1 Å². The number of benzene rings is 2. The van der Waals surface area contributed by atoms with Crippen LogP contribution in [0.3, 0.4) is 0 Å². The average Bonchev–Trinajstić information content (AvgIpc) is 2.55. The van der Waals surface area contributed by atoms with Crippen LogP contribution in [-0.4, -0.2) is 25.7 Å². The van der Waals surface area contributed by atoms with Crippen LogP contribution in [-0.2, 0) is 0 Å². The zero-order chi connectivity index (χ0) is 14.7. The minimum atomic E-state index is -0.0498. The van der Waals surface area contributed by atoms with Crippen LogP contribution in [0, 0.1) is 0 Å². The van der Waals surface area contributed by atoms with E-state index in [2.05, 4.69) is 5.32 Å². The van der Waals surface area contributed by atoms with E-state index in [1.165, 1.54) is 0 Å². The van der Waals surface area contributed by atoms with E-state index in [9.17, 15) is 4.79 Å². The Bertz CT molecular complexity index is 650. The first-order chi connectivity index (χ1) is 10.3. The lowest BCUT2D eigenvalue weighted by atomic mass is 10.0. The quantitative estimate of drug-likeness (QED) is 0.942. The minimum Gasteiger partial charge on any atom is -0.486 e. The fraction of sp³-hybridized carbons (Fsp3) is 0.235. The molecule has 0 saturated heterocycles. The van der Waals surface area contributed by atoms with Gasteiger partial charge in [-0.3, -0.25) is 4.79 Å². The van der Waals surface area contributed by atoms with Crippen molar-refractivity contribution in [2.24, 2.45) is 0 Å². The smallest absolute Gasteiger partial charge is 0.251 e. The average molecular weight is 283 g/mol. The molecule has 108 valence electrons. The molecule has 4 heteroatoms. The second-order valence-corrected chi connectivity index (χ2v) is 4.80. The van der Waals surface area contributed by atoms with Crippen molar-refractivity contribution in [2.45, 2.75) is 6.92 Å². The monoisotopic (exact) mass is 283 g/mol. The van der Waals surface area contributed by atoms with E-state index in [1.54, 1.807) is 0 Å². The fourth-order valence-corrected chi connectivity index (χ4v) is 2.30. The van der Waals surface area contributed by atoms with Gasteiger partial charge in [-0.2, -0.15) is 0 Å². The molecule has 0 atom stereocenters. The van der Waals surface area contributed by atoms with Crippen LogP contribution in [0.15, 0.2) is 42.5 Å². The van der Waals surface area contributed by atoms with E-state index in [0.29, 0.717) is 25.3 Å². The Balaban J connectivity index is 1.85. The summed E-state index contributed by atoms with van der Waals surface area (Å²) in [5.74, 6) is 1.50. The van der Waals surface area contributed by atoms with Crippen LogP contribution in [0.25, 0.3) is 11.1 Å². The molecule has 1 aliphatic rings. The Morgan fingerprint density at radius 3 is 2.38 bits per heavy atom. The molecule has 0 spiro atoms. The number of hydrogen-bond donors (Lipinski definition) is 1. The normalized spacial score (nSPS) is 12.8. The highest BCUT2D eigenvalue weighted by atomic mass is 16.6. The number of hydrogen-bond acceptors (Lipinski definition) is 3. The Morgan fingerprint density at radius 2 is 1.67 bits per heavy atom. The molecule has 0 aromatic heterocycles. The standard InChI is InChI=1S/C17H17NO3/c1-2-18-17(19)13-5-3-12(4-6-13)14-7-8-15-16(11-14)21-10-9-20-15/h3-8,11H,2,9-10H2,1H3,(H,18,19). The van der Waals surface area contributed by atoms with Crippen LogP contribution in [0.4, 0.5) is 0 Å². The van der Waals surface area contributed by atoms with E-state index in [1.807, 2.05) is 49.4 Å². The number of nitrogens with one attached hydrogen (secondary N) is 1. The van der Waals surface area contributed by atoms with Gasteiger partial charge in [0.2, 0.25) is 0 Å². The predicted molar refractivity (Wildman–Crippen MR) is 80.9 cm³/mol. The topological polar surface area (TPSA) is 47.6 Å². The lowest BCUT2D eigenvalue weighted by Crippen LogP contribution is -2.22. The van der Waals surface area contributed by atoms with E-state index in [0.717, 1.165) is 22.6 Å². The van der Waals surface area contributed by atoms with Crippen molar-refractivity contribution in [3.63, 3.8) is 0 Å². The Hall–Kier alpha value is -2.49. The summed E-state index contributed by atoms with van der Waals surface area (Å²) in [6.07, 6.45) is 0. The van der Waals surface area contributed by atoms with Gasteiger partial charge in [-0.1, -0.05) is 18.2 Å². The third-order valence-corrected chi connectivity index (χ3v) is 3.36. The van der Waals surface area contributed by atoms with Gasteiger partial charge in [0.15, 0.2) is 11.5 Å². The second kappa shape index (κ2) is 5.87. The van der Waals surface area contributed by atoms with Crippen LogP contribution in [0.2, 0.25) is 0 Å². The molecule has 1 heterocycles. The summed E-state index contributed by atoms with van der Waals surface area (Å²) in [5, 5.41) is 2.79. The Kier molecular flexibility index (Phi) is 3.77. The number of fused-ring (bicyclic) bond motifs is 1. The van der Waals surface area contributed by atoms with Gasteiger partial charge in [0.1, 0.15) is 13.2 Å². The van der Waals surface area contributed by atoms with Gasteiger partial charge < -0.3 is 14.8 Å². The molecule has 1 amide bonds. The van der Waals surface area contributed by atoms with Gasteiger partial charge in [-0.25, -0.2) is 0 Å². The van der Waals surface area contributed by atoms with Gasteiger partial charge >= 0.3 is 0 Å². The van der Waals surface area contributed by atoms with Crippen molar-refractivity contribution >= 4 is 5.91 Å². The van der Waals surface area contributed by atoms with Crippen LogP contribution < -0.4 is 14.8 Å². The lowest BCUT2D eigenvalue weighted by Gasteiger charge is -2.19. The summed E-state index contributed by atoms with van der Waals surface area (Å²) in [6, 6.07) is 13.4. The highest BCUT2D eigenvalue weighted by Gasteiger charge is 2.12. The zero-order valence-electron chi connectivity index (χ0n) is 11.9. The molecule has 0 bridgehead atoms. The maximum Gasteiger partial charge on any atom is 0.251 e. The van der Waals surface area contributed by atoms with Crippen LogP contribution >= 0.6 is 0 Å². The third kappa shape index (κ3) is 2.84. The Morgan fingerprint density at radius 1 is 1.00 bits per heavy atom. The van der Waals surface area contributed by atoms with Crippen molar-refractivity contribution in [3.05, 3.63) is 48.0 Å². The predicted octanol–water partition coefficient (Wildman–Crippen LogP) is 2.87. The van der Waals surface area contributed by atoms with Crippen molar-refractivity contribution in [2.75, 3.05) is 19.8 Å². The molecule has 0 radical (unpaired) electrons. The molecule has 2 aromatic carbocycles. The number of carbonyl (C=O) groups excluding carboxylic acids is 1. The number of amides is 1. The summed E-state index contributed by atoms with van der Waals surface area (Å²) in [5.41, 5.74) is 2.75. The SMILES string of the molecule is CCNC(=O)c1ccc(-c2ccc3c(c2)OCCO3)cc1. The largest absolute Gasteiger partial charge is 0.486 e. The lowest BCUT2D eigenvalue weighted by molar-refractivity contribution is 0.0956. The minimum absolute atomic E-state index is 0.0498. The molecule has 0 fully saturated rings. The summed E-state index contributed by atoms with van der Waals surface area (Å²) < 4.78 is 11.1. The van der Waals surface area contributed by atoms with Gasteiger partial charge in [-0.05, 0) is 42.3 Å². The van der Waals surface area contributed by atoms with Crippen molar-refractivity contribution in [1.29, 1.82) is 0 Å². The van der Waals surface area contributed by atoms with E-state index >= 15 is 0 Å². The summed E-state index contributed by atoms with van der Waals surface area (Å²) in [7, 11) is 0. The third-order valence-electron chi connectivity index (χ3n) is 3.36. The van der Waals surface area contributed by atoms with Crippen molar-refractivity contribution in [1.82, 2.24) is 5.32 Å². The van der Waals surface area contributed by atoms with Crippen LogP contribution in [0.1, 0.15) is 17.3 Å². The molecule has 0 unspecified atom stereocenters. The van der Waals surface area contributed by atoms with E-state index in [-0.39, 0.29) is 5.91 Å². The number of rotatable bonds is 3. The van der Waals surface area contributed by atoms with E-state index in [4.69, 9.17) is 9.47 Å². The fourth-order valence-electron chi connectivity index (χ4n) is 2.30. The first-order valence-corrected chi connectivity index (χ1v) is 7.06. The van der Waals surface area contributed by atoms with Gasteiger partial charge in [0.25, 0.3) is 5.91 Å². The summed E-state index contributed by atoms with van der Waals surface area (Å²) in [6.45, 7) is 3.70. The molecule has 3 rings (SSSR count). The molecule has 1 aliphatic heterocycles. The summed E-state index contributed by atoms with van der Waals surface area (Å²) in [4.78, 5) is 11.7. The number of carbonyl (C=O) groups is 1. The maximum absolute atomic E-state index is 11.7. The van der Waals surface area contributed by atoms with Crippen LogP contribution in [0.5, 0.6) is 11.5 Å². The van der Waals surface area contributed by atoms with Crippen molar-refractivity contribution < 1.29 is 14.3 Å². The second-order valence-electron chi connectivity index (χ2n) is 4.80. The highest BCUT2D eigenvalue weighted by molar-refractivity contribution is 5.94. The zero-order valence-corrected chi connectivity index (χ0v) is 11.9. The van der Waals surface area contributed by atoms with Gasteiger partial charge in [0.05, 0.1) is 0 Å². The molecule has 0 saturated carbocycles. The molecule has 4 nitrogen and oxygen atoms in total. The van der Waals surface area contributed by atoms with E-state index < -0.39 is 0 Å². The highest BCUT2D eigenvalue weighted by Crippen LogP contribution is 2.34. The van der Waals surface area contributed by atoms with Crippen molar-refractivity contribution in [3.8, 4) is 22.6 Å². The molecular formula is C17H17NO3. The molecule has 1 N–H and O–H groups in total. The Labute approximate surface area is 123 Å². The molecule has 2 aromatic rings. The molecule has 0 aliphatic carbocycles. The maximum atomic E-state index is 11.7. The molecular weight excluding hydrogens is 266 g/mol.